The van der Waals surface area contributed by atoms with Crippen molar-refractivity contribution >= 4 is 0 Å². The number of hydrogen-bond donors (Lipinski definition) is 1. The summed E-state index contributed by atoms with van der Waals surface area (Å²) in [5.74, 6) is 1.61. The maximum atomic E-state index is 5.87. The summed E-state index contributed by atoms with van der Waals surface area (Å²) in [5, 5.41) is 3.50. The van der Waals surface area contributed by atoms with Gasteiger partial charge in [0.15, 0.2) is 11.5 Å². The van der Waals surface area contributed by atoms with Crippen LogP contribution in [0.1, 0.15) is 51.5 Å². The molecular weight excluding hydrogens is 274 g/mol. The lowest BCUT2D eigenvalue weighted by atomic mass is 10.1. The van der Waals surface area contributed by atoms with E-state index in [1.165, 1.54) is 32.1 Å². The van der Waals surface area contributed by atoms with E-state index in [1.807, 2.05) is 19.1 Å². The van der Waals surface area contributed by atoms with Crippen LogP contribution < -0.4 is 14.8 Å². The minimum absolute atomic E-state index is 0.518. The lowest BCUT2D eigenvalue weighted by Crippen LogP contribution is -2.16. The van der Waals surface area contributed by atoms with Crippen molar-refractivity contribution in [1.82, 2.24) is 5.32 Å². The van der Waals surface area contributed by atoms with Crippen LogP contribution in [0.25, 0.3) is 0 Å². The maximum absolute atomic E-state index is 5.87. The molecule has 124 valence electrons. The second-order valence-electron chi connectivity index (χ2n) is 5.79. The first kappa shape index (κ1) is 18.6. The van der Waals surface area contributed by atoms with Gasteiger partial charge in [0.2, 0.25) is 0 Å². The standard InChI is InChI=1S/C19H31NO2/c1-5-6-7-8-9-13-20-14-17-11-10-12-18(21-4)19(17)22-15-16(2)3/h10-12,20H,2,5-9,13-15H2,1,3-4H3. The van der Waals surface area contributed by atoms with E-state index in [0.29, 0.717) is 6.61 Å². The second kappa shape index (κ2) is 11.1. The van der Waals surface area contributed by atoms with Crippen molar-refractivity contribution in [1.29, 1.82) is 0 Å². The maximum Gasteiger partial charge on any atom is 0.166 e. The van der Waals surface area contributed by atoms with Crippen LogP contribution >= 0.6 is 0 Å². The first-order valence-electron chi connectivity index (χ1n) is 8.32. The molecule has 0 amide bonds. The Bertz CT molecular complexity index is 443. The SMILES string of the molecule is C=C(C)COc1c(CNCCCCCCC)cccc1OC. The Morgan fingerprint density at radius 3 is 2.64 bits per heavy atom. The Morgan fingerprint density at radius 2 is 1.95 bits per heavy atom. The van der Waals surface area contributed by atoms with Crippen LogP contribution in [0.3, 0.4) is 0 Å². The summed E-state index contributed by atoms with van der Waals surface area (Å²) >= 11 is 0. The van der Waals surface area contributed by atoms with E-state index >= 15 is 0 Å². The van der Waals surface area contributed by atoms with E-state index in [-0.39, 0.29) is 0 Å². The average Bonchev–Trinajstić information content (AvgIpc) is 2.52. The van der Waals surface area contributed by atoms with Gasteiger partial charge in [-0.05, 0) is 31.5 Å². The topological polar surface area (TPSA) is 30.5 Å². The van der Waals surface area contributed by atoms with Crippen molar-refractivity contribution in [2.24, 2.45) is 0 Å². The van der Waals surface area contributed by atoms with Crippen LogP contribution in [-0.2, 0) is 6.54 Å². The highest BCUT2D eigenvalue weighted by atomic mass is 16.5. The number of nitrogens with one attached hydrogen (secondary N) is 1. The van der Waals surface area contributed by atoms with Gasteiger partial charge in [-0.25, -0.2) is 0 Å². The summed E-state index contributed by atoms with van der Waals surface area (Å²) in [6.45, 7) is 10.5. The molecule has 0 saturated heterocycles. The Labute approximate surface area is 135 Å². The smallest absolute Gasteiger partial charge is 0.166 e. The number of unbranched alkanes of at least 4 members (excludes halogenated alkanes) is 4. The van der Waals surface area contributed by atoms with Crippen molar-refractivity contribution in [3.8, 4) is 11.5 Å². The molecule has 0 aliphatic carbocycles. The van der Waals surface area contributed by atoms with Gasteiger partial charge >= 0.3 is 0 Å². The van der Waals surface area contributed by atoms with Gasteiger partial charge in [-0.3, -0.25) is 0 Å². The number of methoxy groups -OCH3 is 1. The molecule has 0 aliphatic rings. The van der Waals surface area contributed by atoms with Gasteiger partial charge in [0.25, 0.3) is 0 Å². The van der Waals surface area contributed by atoms with Crippen molar-refractivity contribution in [3.63, 3.8) is 0 Å². The molecule has 0 fully saturated rings. The van der Waals surface area contributed by atoms with Gasteiger partial charge in [-0.15, -0.1) is 0 Å². The molecule has 3 nitrogen and oxygen atoms in total. The number of ether oxygens (including phenoxy) is 2. The van der Waals surface area contributed by atoms with E-state index < -0.39 is 0 Å². The van der Waals surface area contributed by atoms with Crippen molar-refractivity contribution in [2.45, 2.75) is 52.5 Å². The molecule has 0 heterocycles. The van der Waals surface area contributed by atoms with E-state index in [4.69, 9.17) is 9.47 Å². The third-order valence-electron chi connectivity index (χ3n) is 3.52. The summed E-state index contributed by atoms with van der Waals surface area (Å²) < 4.78 is 11.3. The molecule has 1 rings (SSSR count). The van der Waals surface area contributed by atoms with Crippen LogP contribution in [0, 0.1) is 0 Å². The molecule has 1 aromatic carbocycles. The molecule has 0 spiro atoms. The Hall–Kier alpha value is -1.48. The average molecular weight is 305 g/mol. The highest BCUT2D eigenvalue weighted by Crippen LogP contribution is 2.31. The normalized spacial score (nSPS) is 10.5. The zero-order chi connectivity index (χ0) is 16.2. The minimum Gasteiger partial charge on any atom is -0.493 e. The molecule has 0 unspecified atom stereocenters. The number of benzene rings is 1. The number of hydrogen-bond acceptors (Lipinski definition) is 3. The minimum atomic E-state index is 0.518. The predicted molar refractivity (Wildman–Crippen MR) is 93.8 cm³/mol. The van der Waals surface area contributed by atoms with Crippen LogP contribution in [0.4, 0.5) is 0 Å². The lowest BCUT2D eigenvalue weighted by Gasteiger charge is -2.15. The molecule has 1 N–H and O–H groups in total. The van der Waals surface area contributed by atoms with Gasteiger partial charge in [0.05, 0.1) is 7.11 Å². The molecule has 0 radical (unpaired) electrons. The Kier molecular flexibility index (Phi) is 9.40. The fourth-order valence-electron chi connectivity index (χ4n) is 2.30. The highest BCUT2D eigenvalue weighted by Gasteiger charge is 2.10. The number of para-hydroxylation sites is 1. The van der Waals surface area contributed by atoms with Crippen LogP contribution in [-0.4, -0.2) is 20.3 Å². The summed E-state index contributed by atoms with van der Waals surface area (Å²) in [4.78, 5) is 0. The molecule has 0 bridgehead atoms. The summed E-state index contributed by atoms with van der Waals surface area (Å²) in [6.07, 6.45) is 6.50. The Morgan fingerprint density at radius 1 is 1.18 bits per heavy atom. The van der Waals surface area contributed by atoms with E-state index in [9.17, 15) is 0 Å². The molecule has 0 aromatic heterocycles. The van der Waals surface area contributed by atoms with Gasteiger partial charge in [0, 0.05) is 12.1 Å². The van der Waals surface area contributed by atoms with E-state index in [1.54, 1.807) is 7.11 Å². The third-order valence-corrected chi connectivity index (χ3v) is 3.52. The van der Waals surface area contributed by atoms with Crippen molar-refractivity contribution < 1.29 is 9.47 Å². The summed E-state index contributed by atoms with van der Waals surface area (Å²) in [7, 11) is 1.67. The summed E-state index contributed by atoms with van der Waals surface area (Å²) in [5.41, 5.74) is 2.13. The fourth-order valence-corrected chi connectivity index (χ4v) is 2.30. The molecule has 0 atom stereocenters. The first-order chi connectivity index (χ1) is 10.7. The molecular formula is C19H31NO2. The highest BCUT2D eigenvalue weighted by molar-refractivity contribution is 5.46. The third kappa shape index (κ3) is 6.99. The van der Waals surface area contributed by atoms with Crippen LogP contribution in [0.2, 0.25) is 0 Å². The molecule has 0 saturated carbocycles. The van der Waals surface area contributed by atoms with E-state index in [2.05, 4.69) is 24.9 Å². The zero-order valence-corrected chi connectivity index (χ0v) is 14.4. The van der Waals surface area contributed by atoms with Crippen molar-refractivity contribution in [3.05, 3.63) is 35.9 Å². The molecule has 22 heavy (non-hydrogen) atoms. The Balaban J connectivity index is 2.48. The second-order valence-corrected chi connectivity index (χ2v) is 5.79. The largest absolute Gasteiger partial charge is 0.493 e. The number of rotatable bonds is 12. The van der Waals surface area contributed by atoms with Gasteiger partial charge in [-0.2, -0.15) is 0 Å². The molecule has 1 aromatic rings. The van der Waals surface area contributed by atoms with Crippen molar-refractivity contribution in [2.75, 3.05) is 20.3 Å². The van der Waals surface area contributed by atoms with Crippen LogP contribution in [0.5, 0.6) is 11.5 Å². The monoisotopic (exact) mass is 305 g/mol. The quantitative estimate of drug-likeness (QED) is 0.448. The predicted octanol–water partition coefficient (Wildman–Crippen LogP) is 4.71. The fraction of sp³-hybridized carbons (Fsp3) is 0.579. The van der Waals surface area contributed by atoms with E-state index in [0.717, 1.165) is 35.7 Å². The first-order valence-corrected chi connectivity index (χ1v) is 8.32. The van der Waals surface area contributed by atoms with Gasteiger partial charge < -0.3 is 14.8 Å². The molecule has 0 aliphatic heterocycles. The zero-order valence-electron chi connectivity index (χ0n) is 14.4. The van der Waals surface area contributed by atoms with Gasteiger partial charge in [-0.1, -0.05) is 51.3 Å². The van der Waals surface area contributed by atoms with Gasteiger partial charge in [0.1, 0.15) is 6.61 Å². The summed E-state index contributed by atoms with van der Waals surface area (Å²) in [6, 6.07) is 6.02. The van der Waals surface area contributed by atoms with Crippen LogP contribution in [0.15, 0.2) is 30.4 Å². The lowest BCUT2D eigenvalue weighted by molar-refractivity contribution is 0.315. The molecule has 3 heteroatoms.